The van der Waals surface area contributed by atoms with Gasteiger partial charge in [0, 0.05) is 30.2 Å². The molecule has 1 fully saturated rings. The van der Waals surface area contributed by atoms with E-state index in [0.29, 0.717) is 19.7 Å². The molecule has 1 saturated heterocycles. The van der Waals surface area contributed by atoms with Gasteiger partial charge in [-0.1, -0.05) is 17.7 Å². The largest absolute Gasteiger partial charge is 0.433 e. The average Bonchev–Trinajstić information content (AvgIpc) is 2.69. The summed E-state index contributed by atoms with van der Waals surface area (Å²) in [5.41, 5.74) is -0.852. The van der Waals surface area contributed by atoms with Crippen molar-refractivity contribution in [2.75, 3.05) is 26.2 Å². The molecule has 2 aromatic rings. The van der Waals surface area contributed by atoms with Gasteiger partial charge in [0.25, 0.3) is 5.91 Å². The summed E-state index contributed by atoms with van der Waals surface area (Å²) in [6, 6.07) is 5.63. The molecule has 1 aromatic heterocycles. The van der Waals surface area contributed by atoms with E-state index < -0.39 is 29.6 Å². The summed E-state index contributed by atoms with van der Waals surface area (Å²) in [6.07, 6.45) is -4.68. The molecule has 1 N–H and O–H groups in total. The van der Waals surface area contributed by atoms with Gasteiger partial charge in [-0.15, -0.1) is 0 Å². The summed E-state index contributed by atoms with van der Waals surface area (Å²) in [6.45, 7) is 4.69. The number of halogens is 5. The first-order valence-electron chi connectivity index (χ1n) is 9.70. The zero-order valence-corrected chi connectivity index (χ0v) is 17.7. The van der Waals surface area contributed by atoms with Gasteiger partial charge in [-0.3, -0.25) is 9.69 Å². The first-order chi connectivity index (χ1) is 14.6. The number of ether oxygens (including phenoxy) is 1. The zero-order chi connectivity index (χ0) is 22.8. The maximum absolute atomic E-state index is 14.6. The van der Waals surface area contributed by atoms with Gasteiger partial charge in [0.05, 0.1) is 30.0 Å². The second kappa shape index (κ2) is 9.50. The van der Waals surface area contributed by atoms with Crippen molar-refractivity contribution < 1.29 is 27.1 Å². The lowest BCUT2D eigenvalue weighted by Gasteiger charge is -2.38. The molecule has 168 valence electrons. The molecule has 1 aliphatic rings. The molecule has 0 aliphatic carbocycles. The molecule has 1 aromatic carbocycles. The van der Waals surface area contributed by atoms with Gasteiger partial charge < -0.3 is 10.1 Å². The lowest BCUT2D eigenvalue weighted by molar-refractivity contribution is -0.141. The van der Waals surface area contributed by atoms with Crippen molar-refractivity contribution in [3.8, 4) is 0 Å². The number of amides is 1. The molecule has 10 heteroatoms. The summed E-state index contributed by atoms with van der Waals surface area (Å²) < 4.78 is 58.7. The first kappa shape index (κ1) is 23.4. The van der Waals surface area contributed by atoms with Crippen molar-refractivity contribution in [3.05, 3.63) is 63.7 Å². The highest BCUT2D eigenvalue weighted by atomic mass is 35.5. The molecule has 3 rings (SSSR count). The van der Waals surface area contributed by atoms with E-state index in [-0.39, 0.29) is 34.5 Å². The third-order valence-corrected chi connectivity index (χ3v) is 5.45. The van der Waals surface area contributed by atoms with E-state index in [4.69, 9.17) is 16.3 Å². The van der Waals surface area contributed by atoms with Gasteiger partial charge in [0.15, 0.2) is 0 Å². The molecule has 1 amide bonds. The fourth-order valence-electron chi connectivity index (χ4n) is 3.61. The molecule has 31 heavy (non-hydrogen) atoms. The number of pyridine rings is 1. The Kier molecular flexibility index (Phi) is 7.18. The predicted molar refractivity (Wildman–Crippen MR) is 107 cm³/mol. The third-order valence-electron chi connectivity index (χ3n) is 5.12. The SMILES string of the molecule is Cc1nc(C(F)(F)F)ccc1C(=O)NCC(c1c(F)cccc1Cl)N1CCOC(C)C1. The fourth-order valence-corrected chi connectivity index (χ4v) is 3.90. The van der Waals surface area contributed by atoms with Crippen LogP contribution in [0.1, 0.15) is 40.3 Å². The van der Waals surface area contributed by atoms with Crippen LogP contribution in [0.4, 0.5) is 17.6 Å². The molecule has 1 aliphatic heterocycles. The molecule has 0 spiro atoms. The second-order valence-electron chi connectivity index (χ2n) is 7.36. The van der Waals surface area contributed by atoms with Crippen LogP contribution in [-0.2, 0) is 10.9 Å². The Morgan fingerprint density at radius 1 is 1.35 bits per heavy atom. The Morgan fingerprint density at radius 2 is 2.10 bits per heavy atom. The number of carbonyl (C=O) groups excluding carboxylic acids is 1. The molecular weight excluding hydrogens is 438 g/mol. The van der Waals surface area contributed by atoms with Gasteiger partial charge in [-0.05, 0) is 38.1 Å². The Balaban J connectivity index is 1.83. The standard InChI is InChI=1S/C21H22ClF4N3O2/c1-12-11-29(8-9-31-12)17(19-15(22)4-3-5-16(19)23)10-27-20(30)14-6-7-18(21(24,25)26)28-13(14)2/h3-7,12,17H,8-11H2,1-2H3,(H,27,30). The van der Waals surface area contributed by atoms with Crippen molar-refractivity contribution >= 4 is 17.5 Å². The third kappa shape index (κ3) is 5.53. The van der Waals surface area contributed by atoms with E-state index in [0.717, 1.165) is 12.1 Å². The van der Waals surface area contributed by atoms with E-state index in [1.807, 2.05) is 11.8 Å². The van der Waals surface area contributed by atoms with Crippen LogP contribution in [0, 0.1) is 12.7 Å². The van der Waals surface area contributed by atoms with Crippen LogP contribution < -0.4 is 5.32 Å². The minimum atomic E-state index is -4.60. The normalized spacial score (nSPS) is 18.6. The number of nitrogens with one attached hydrogen (secondary N) is 1. The molecule has 0 saturated carbocycles. The number of alkyl halides is 3. The van der Waals surface area contributed by atoms with Gasteiger partial charge in [0.2, 0.25) is 0 Å². The van der Waals surface area contributed by atoms with Gasteiger partial charge in [-0.2, -0.15) is 13.2 Å². The summed E-state index contributed by atoms with van der Waals surface area (Å²) >= 11 is 6.27. The Labute approximate surface area is 182 Å². The highest BCUT2D eigenvalue weighted by molar-refractivity contribution is 6.31. The number of aryl methyl sites for hydroxylation is 1. The van der Waals surface area contributed by atoms with Crippen molar-refractivity contribution in [2.45, 2.75) is 32.2 Å². The average molecular weight is 460 g/mol. The smallest absolute Gasteiger partial charge is 0.376 e. The minimum absolute atomic E-state index is 0.00662. The molecule has 2 heterocycles. The maximum atomic E-state index is 14.6. The van der Waals surface area contributed by atoms with Crippen LogP contribution in [0.5, 0.6) is 0 Å². The van der Waals surface area contributed by atoms with Crippen molar-refractivity contribution in [2.24, 2.45) is 0 Å². The minimum Gasteiger partial charge on any atom is -0.376 e. The topological polar surface area (TPSA) is 54.5 Å². The first-order valence-corrected chi connectivity index (χ1v) is 10.1. The molecule has 2 unspecified atom stereocenters. The number of benzene rings is 1. The monoisotopic (exact) mass is 459 g/mol. The Bertz CT molecular complexity index is 934. The van der Waals surface area contributed by atoms with Crippen LogP contribution in [-0.4, -0.2) is 48.1 Å². The number of rotatable bonds is 5. The van der Waals surface area contributed by atoms with E-state index >= 15 is 0 Å². The van der Waals surface area contributed by atoms with E-state index in [1.165, 1.54) is 19.1 Å². The van der Waals surface area contributed by atoms with Crippen LogP contribution in [0.25, 0.3) is 0 Å². The lowest BCUT2D eigenvalue weighted by Crippen LogP contribution is -2.47. The van der Waals surface area contributed by atoms with Crippen LogP contribution in [0.15, 0.2) is 30.3 Å². The van der Waals surface area contributed by atoms with Gasteiger partial charge in [-0.25, -0.2) is 9.37 Å². The maximum Gasteiger partial charge on any atom is 0.433 e. The number of carbonyl (C=O) groups is 1. The van der Waals surface area contributed by atoms with Crippen molar-refractivity contribution in [1.29, 1.82) is 0 Å². The Hall–Kier alpha value is -2.23. The van der Waals surface area contributed by atoms with Gasteiger partial charge >= 0.3 is 6.18 Å². The second-order valence-corrected chi connectivity index (χ2v) is 7.77. The van der Waals surface area contributed by atoms with E-state index in [2.05, 4.69) is 10.3 Å². The summed E-state index contributed by atoms with van der Waals surface area (Å²) in [7, 11) is 0. The zero-order valence-electron chi connectivity index (χ0n) is 17.0. The van der Waals surface area contributed by atoms with Crippen LogP contribution in [0.3, 0.4) is 0 Å². The summed E-state index contributed by atoms with van der Waals surface area (Å²) in [5, 5.41) is 2.92. The Morgan fingerprint density at radius 3 is 2.71 bits per heavy atom. The van der Waals surface area contributed by atoms with E-state index in [9.17, 15) is 22.4 Å². The van der Waals surface area contributed by atoms with Crippen LogP contribution in [0.2, 0.25) is 5.02 Å². The summed E-state index contributed by atoms with van der Waals surface area (Å²) in [4.78, 5) is 18.1. The lowest BCUT2D eigenvalue weighted by atomic mass is 10.0. The van der Waals surface area contributed by atoms with Crippen molar-refractivity contribution in [3.63, 3.8) is 0 Å². The predicted octanol–water partition coefficient (Wildman–Crippen LogP) is 4.39. The van der Waals surface area contributed by atoms with Crippen LogP contribution >= 0.6 is 11.6 Å². The fraction of sp³-hybridized carbons (Fsp3) is 0.429. The molecule has 0 bridgehead atoms. The number of nitrogens with zero attached hydrogens (tertiary/aromatic N) is 2. The molecular formula is C21H22ClF4N3O2. The summed E-state index contributed by atoms with van der Waals surface area (Å²) in [5.74, 6) is -1.10. The van der Waals surface area contributed by atoms with Crippen molar-refractivity contribution in [1.82, 2.24) is 15.2 Å². The molecule has 5 nitrogen and oxygen atoms in total. The highest BCUT2D eigenvalue weighted by Gasteiger charge is 2.33. The number of hydrogen-bond acceptors (Lipinski definition) is 4. The molecule has 2 atom stereocenters. The number of aromatic nitrogens is 1. The van der Waals surface area contributed by atoms with Gasteiger partial charge in [0.1, 0.15) is 11.5 Å². The number of hydrogen-bond donors (Lipinski definition) is 1. The van der Waals surface area contributed by atoms with E-state index in [1.54, 1.807) is 6.07 Å². The molecule has 0 radical (unpaired) electrons. The quantitative estimate of drug-likeness (QED) is 0.674. The highest BCUT2D eigenvalue weighted by Crippen LogP contribution is 2.31. The number of morpholine rings is 1.